The van der Waals surface area contributed by atoms with Crippen molar-refractivity contribution in [1.82, 2.24) is 4.90 Å². The lowest BCUT2D eigenvalue weighted by atomic mass is 10.2. The maximum atomic E-state index is 12.6. The Morgan fingerprint density at radius 2 is 1.92 bits per heavy atom. The molecule has 128 valence electrons. The van der Waals surface area contributed by atoms with Crippen LogP contribution in [-0.4, -0.2) is 35.2 Å². The molecule has 0 bridgehead atoms. The minimum Gasteiger partial charge on any atom is -0.479 e. The maximum absolute atomic E-state index is 12.6. The summed E-state index contributed by atoms with van der Waals surface area (Å²) in [7, 11) is 0. The summed E-state index contributed by atoms with van der Waals surface area (Å²) in [6, 6.07) is 14.4. The molecule has 0 aliphatic rings. The van der Waals surface area contributed by atoms with Crippen LogP contribution < -0.4 is 4.74 Å². The topological polar surface area (TPSA) is 49.8 Å². The van der Waals surface area contributed by atoms with E-state index >= 15 is 0 Å². The van der Waals surface area contributed by atoms with E-state index in [2.05, 4.69) is 0 Å². The molecule has 24 heavy (non-hydrogen) atoms. The van der Waals surface area contributed by atoms with E-state index in [-0.39, 0.29) is 19.1 Å². The van der Waals surface area contributed by atoms with Gasteiger partial charge in [-0.2, -0.15) is 0 Å². The van der Waals surface area contributed by atoms with Gasteiger partial charge in [0, 0.05) is 18.1 Å². The fraction of sp³-hybridized carbons (Fsp3) is 0.278. The molecule has 2 rings (SSSR count). The van der Waals surface area contributed by atoms with E-state index in [9.17, 15) is 9.90 Å². The number of aliphatic hydroxyl groups is 1. The molecule has 0 radical (unpaired) electrons. The number of hydrogen-bond donors (Lipinski definition) is 1. The molecule has 1 N–H and O–H groups in total. The van der Waals surface area contributed by atoms with Crippen molar-refractivity contribution in [2.45, 2.75) is 19.6 Å². The fourth-order valence-electron chi connectivity index (χ4n) is 2.26. The molecule has 1 atom stereocenters. The molecule has 0 aliphatic carbocycles. The van der Waals surface area contributed by atoms with E-state index in [1.807, 2.05) is 30.3 Å². The van der Waals surface area contributed by atoms with Crippen molar-refractivity contribution < 1.29 is 14.6 Å². The smallest absolute Gasteiger partial charge is 0.263 e. The molecule has 0 aromatic heterocycles. The van der Waals surface area contributed by atoms with Crippen LogP contribution in [0.15, 0.2) is 48.5 Å². The Hall–Kier alpha value is -1.75. The number of amides is 1. The first-order chi connectivity index (χ1) is 11.5. The van der Waals surface area contributed by atoms with Crippen LogP contribution in [0.25, 0.3) is 0 Å². The molecule has 6 heteroatoms. The lowest BCUT2D eigenvalue weighted by Gasteiger charge is -2.26. The molecule has 0 saturated carbocycles. The van der Waals surface area contributed by atoms with Gasteiger partial charge >= 0.3 is 0 Å². The van der Waals surface area contributed by atoms with Gasteiger partial charge in [0.1, 0.15) is 5.75 Å². The number of aliphatic hydroxyl groups excluding tert-OH is 1. The van der Waals surface area contributed by atoms with Crippen LogP contribution in [0.4, 0.5) is 0 Å². The average Bonchev–Trinajstić information content (AvgIpc) is 2.57. The van der Waals surface area contributed by atoms with Crippen molar-refractivity contribution in [1.29, 1.82) is 0 Å². The predicted molar refractivity (Wildman–Crippen MR) is 95.5 cm³/mol. The van der Waals surface area contributed by atoms with Gasteiger partial charge in [-0.1, -0.05) is 53.5 Å². The number of carbonyl (C=O) groups excluding carboxylic acids is 1. The lowest BCUT2D eigenvalue weighted by Crippen LogP contribution is -2.41. The number of benzene rings is 2. The standard InChI is InChI=1S/C18H19Cl2NO3/c1-13(24-17-8-7-15(19)11-16(17)20)18(23)21(9-10-22)12-14-5-3-2-4-6-14/h2-8,11,13,22H,9-10,12H2,1H3. The van der Waals surface area contributed by atoms with Crippen LogP contribution in [0.5, 0.6) is 5.75 Å². The highest BCUT2D eigenvalue weighted by atomic mass is 35.5. The van der Waals surface area contributed by atoms with Gasteiger partial charge in [0.05, 0.1) is 11.6 Å². The van der Waals surface area contributed by atoms with E-state index in [1.54, 1.807) is 30.0 Å². The third-order valence-corrected chi connectivity index (χ3v) is 3.97. The highest BCUT2D eigenvalue weighted by Crippen LogP contribution is 2.28. The van der Waals surface area contributed by atoms with Crippen LogP contribution >= 0.6 is 23.2 Å². The Labute approximate surface area is 151 Å². The van der Waals surface area contributed by atoms with Crippen LogP contribution in [0, 0.1) is 0 Å². The van der Waals surface area contributed by atoms with E-state index in [1.165, 1.54) is 0 Å². The molecule has 0 spiro atoms. The molecular weight excluding hydrogens is 349 g/mol. The zero-order valence-electron chi connectivity index (χ0n) is 13.3. The lowest BCUT2D eigenvalue weighted by molar-refractivity contribution is -0.139. The molecule has 2 aromatic rings. The zero-order valence-corrected chi connectivity index (χ0v) is 14.8. The summed E-state index contributed by atoms with van der Waals surface area (Å²) in [6.07, 6.45) is -0.737. The predicted octanol–water partition coefficient (Wildman–Crippen LogP) is 3.78. The summed E-state index contributed by atoms with van der Waals surface area (Å²) in [5, 5.41) is 10.1. The van der Waals surface area contributed by atoms with Gasteiger partial charge in [-0.15, -0.1) is 0 Å². The van der Waals surface area contributed by atoms with Crippen molar-refractivity contribution in [2.75, 3.05) is 13.2 Å². The minimum absolute atomic E-state index is 0.118. The minimum atomic E-state index is -0.737. The summed E-state index contributed by atoms with van der Waals surface area (Å²) >= 11 is 11.9. The summed E-state index contributed by atoms with van der Waals surface area (Å²) in [5.74, 6) is 0.171. The van der Waals surface area contributed by atoms with Gasteiger partial charge in [0.15, 0.2) is 6.10 Å². The Kier molecular flexibility index (Phi) is 6.91. The molecule has 2 aromatic carbocycles. The largest absolute Gasteiger partial charge is 0.479 e. The first-order valence-electron chi connectivity index (χ1n) is 7.56. The molecule has 1 unspecified atom stereocenters. The number of hydrogen-bond acceptors (Lipinski definition) is 3. The molecule has 0 saturated heterocycles. The summed E-state index contributed by atoms with van der Waals surface area (Å²) in [6.45, 7) is 2.17. The van der Waals surface area contributed by atoms with Crippen LogP contribution in [0.3, 0.4) is 0 Å². The second-order valence-corrected chi connectivity index (χ2v) is 6.15. The van der Waals surface area contributed by atoms with Crippen molar-refractivity contribution in [3.63, 3.8) is 0 Å². The fourth-order valence-corrected chi connectivity index (χ4v) is 2.71. The molecule has 0 heterocycles. The number of halogens is 2. The van der Waals surface area contributed by atoms with E-state index in [0.717, 1.165) is 5.56 Å². The Morgan fingerprint density at radius 1 is 1.21 bits per heavy atom. The highest BCUT2D eigenvalue weighted by Gasteiger charge is 2.22. The second kappa shape index (κ2) is 8.92. The third kappa shape index (κ3) is 5.13. The molecular formula is C18H19Cl2NO3. The van der Waals surface area contributed by atoms with Gasteiger partial charge in [-0.05, 0) is 30.7 Å². The Bertz CT molecular complexity index is 679. The number of ether oxygens (including phenoxy) is 1. The maximum Gasteiger partial charge on any atom is 0.263 e. The van der Waals surface area contributed by atoms with Gasteiger partial charge < -0.3 is 14.7 Å². The van der Waals surface area contributed by atoms with Crippen molar-refractivity contribution in [3.8, 4) is 5.75 Å². The molecule has 0 fully saturated rings. The first-order valence-corrected chi connectivity index (χ1v) is 8.32. The van der Waals surface area contributed by atoms with Crippen molar-refractivity contribution in [3.05, 3.63) is 64.1 Å². The summed E-state index contributed by atoms with van der Waals surface area (Å²) < 4.78 is 5.66. The SMILES string of the molecule is CC(Oc1ccc(Cl)cc1Cl)C(=O)N(CCO)Cc1ccccc1. The van der Waals surface area contributed by atoms with E-state index < -0.39 is 6.10 Å². The van der Waals surface area contributed by atoms with E-state index in [4.69, 9.17) is 27.9 Å². The molecule has 1 amide bonds. The van der Waals surface area contributed by atoms with Gasteiger partial charge in [-0.3, -0.25) is 4.79 Å². The van der Waals surface area contributed by atoms with Crippen molar-refractivity contribution >= 4 is 29.1 Å². The first kappa shape index (κ1) is 18.6. The number of carbonyl (C=O) groups is 1. The zero-order chi connectivity index (χ0) is 17.5. The quantitative estimate of drug-likeness (QED) is 0.809. The van der Waals surface area contributed by atoms with Crippen LogP contribution in [0.1, 0.15) is 12.5 Å². The van der Waals surface area contributed by atoms with Gasteiger partial charge in [0.25, 0.3) is 5.91 Å². The normalized spacial score (nSPS) is 11.8. The van der Waals surface area contributed by atoms with Crippen LogP contribution in [-0.2, 0) is 11.3 Å². The summed E-state index contributed by atoms with van der Waals surface area (Å²) in [4.78, 5) is 14.2. The molecule has 4 nitrogen and oxygen atoms in total. The Balaban J connectivity index is 2.07. The average molecular weight is 368 g/mol. The molecule has 0 aliphatic heterocycles. The summed E-state index contributed by atoms with van der Waals surface area (Å²) in [5.41, 5.74) is 0.982. The second-order valence-electron chi connectivity index (χ2n) is 5.30. The van der Waals surface area contributed by atoms with Crippen molar-refractivity contribution in [2.24, 2.45) is 0 Å². The Morgan fingerprint density at radius 3 is 2.54 bits per heavy atom. The number of nitrogens with zero attached hydrogens (tertiary/aromatic N) is 1. The van der Waals surface area contributed by atoms with E-state index in [0.29, 0.717) is 22.3 Å². The number of rotatable bonds is 7. The van der Waals surface area contributed by atoms with Crippen LogP contribution in [0.2, 0.25) is 10.0 Å². The van der Waals surface area contributed by atoms with Gasteiger partial charge in [-0.25, -0.2) is 0 Å². The third-order valence-electron chi connectivity index (χ3n) is 3.44. The monoisotopic (exact) mass is 367 g/mol. The highest BCUT2D eigenvalue weighted by molar-refractivity contribution is 6.35. The van der Waals surface area contributed by atoms with Gasteiger partial charge in [0.2, 0.25) is 0 Å².